The van der Waals surface area contributed by atoms with E-state index in [2.05, 4.69) is 10.4 Å². The summed E-state index contributed by atoms with van der Waals surface area (Å²) in [5.74, 6) is -0.858. The Bertz CT molecular complexity index is 836. The molecular formula is C16H19F2N3O2S. The summed E-state index contributed by atoms with van der Waals surface area (Å²) in [6.07, 6.45) is 4.06. The predicted molar refractivity (Wildman–Crippen MR) is 86.1 cm³/mol. The summed E-state index contributed by atoms with van der Waals surface area (Å²) in [4.78, 5) is 0. The Morgan fingerprint density at radius 2 is 2.21 bits per heavy atom. The van der Waals surface area contributed by atoms with E-state index in [9.17, 15) is 17.2 Å². The molecule has 3 rings (SSSR count). The summed E-state index contributed by atoms with van der Waals surface area (Å²) in [6.45, 7) is 2.25. The molecule has 0 aliphatic carbocycles. The zero-order chi connectivity index (χ0) is 17.3. The fourth-order valence-electron chi connectivity index (χ4n) is 2.89. The van der Waals surface area contributed by atoms with Gasteiger partial charge in [0, 0.05) is 36.0 Å². The zero-order valence-corrected chi connectivity index (χ0v) is 14.1. The maximum atomic E-state index is 13.8. The van der Waals surface area contributed by atoms with Crippen LogP contribution >= 0.6 is 0 Å². The largest absolute Gasteiger partial charge is 0.306 e. The van der Waals surface area contributed by atoms with Crippen LogP contribution in [0.1, 0.15) is 36.6 Å². The lowest BCUT2D eigenvalue weighted by molar-refractivity contribution is 0.497. The summed E-state index contributed by atoms with van der Waals surface area (Å²) in [5, 5.41) is 7.39. The first-order chi connectivity index (χ1) is 11.3. The van der Waals surface area contributed by atoms with Crippen LogP contribution in [0, 0.1) is 11.6 Å². The van der Waals surface area contributed by atoms with Crippen LogP contribution < -0.4 is 5.32 Å². The van der Waals surface area contributed by atoms with E-state index in [-0.39, 0.29) is 23.6 Å². The van der Waals surface area contributed by atoms with Gasteiger partial charge in [0.25, 0.3) is 0 Å². The van der Waals surface area contributed by atoms with E-state index < -0.39 is 21.5 Å². The highest BCUT2D eigenvalue weighted by atomic mass is 32.2. The fourth-order valence-corrected chi connectivity index (χ4v) is 4.59. The number of aromatic nitrogens is 2. The van der Waals surface area contributed by atoms with E-state index in [1.807, 2.05) is 6.20 Å². The molecule has 0 unspecified atom stereocenters. The highest BCUT2D eigenvalue weighted by Crippen LogP contribution is 2.23. The Kier molecular flexibility index (Phi) is 4.69. The molecule has 1 aromatic carbocycles. The molecule has 130 valence electrons. The van der Waals surface area contributed by atoms with Gasteiger partial charge in [0.15, 0.2) is 9.84 Å². The molecule has 5 nitrogen and oxygen atoms in total. The number of hydrogen-bond acceptors (Lipinski definition) is 4. The minimum Gasteiger partial charge on any atom is -0.306 e. The maximum absolute atomic E-state index is 13.8. The Morgan fingerprint density at radius 3 is 2.88 bits per heavy atom. The standard InChI is InChI=1S/C16H19F2N3O2S/c1-11(15-3-2-13(17)6-16(15)18)19-7-12-8-20-21(9-12)14-4-5-24(22,23)10-14/h2-3,6,8-9,11,14,19H,4-5,7,10H2,1H3/t11-,14+/m1/s1. The van der Waals surface area contributed by atoms with Crippen molar-refractivity contribution in [2.75, 3.05) is 11.5 Å². The van der Waals surface area contributed by atoms with Crippen molar-refractivity contribution in [1.29, 1.82) is 0 Å². The lowest BCUT2D eigenvalue weighted by Gasteiger charge is -2.14. The number of nitrogens with one attached hydrogen (secondary N) is 1. The molecule has 1 saturated heterocycles. The van der Waals surface area contributed by atoms with Gasteiger partial charge in [-0.15, -0.1) is 0 Å². The molecule has 8 heteroatoms. The third-order valence-electron chi connectivity index (χ3n) is 4.28. The van der Waals surface area contributed by atoms with Crippen molar-refractivity contribution in [1.82, 2.24) is 15.1 Å². The van der Waals surface area contributed by atoms with Crippen LogP contribution in [0.5, 0.6) is 0 Å². The van der Waals surface area contributed by atoms with Crippen LogP contribution in [-0.4, -0.2) is 29.7 Å². The second-order valence-electron chi connectivity index (χ2n) is 6.15. The van der Waals surface area contributed by atoms with Crippen molar-refractivity contribution in [3.05, 3.63) is 53.4 Å². The van der Waals surface area contributed by atoms with E-state index in [1.165, 1.54) is 12.1 Å². The number of nitrogens with zero attached hydrogens (tertiary/aromatic N) is 2. The van der Waals surface area contributed by atoms with Crippen molar-refractivity contribution < 1.29 is 17.2 Å². The van der Waals surface area contributed by atoms with Crippen molar-refractivity contribution in [3.8, 4) is 0 Å². The molecule has 2 aromatic rings. The van der Waals surface area contributed by atoms with Gasteiger partial charge in [-0.2, -0.15) is 5.10 Å². The highest BCUT2D eigenvalue weighted by Gasteiger charge is 2.29. The van der Waals surface area contributed by atoms with Gasteiger partial charge in [-0.1, -0.05) is 6.07 Å². The maximum Gasteiger partial charge on any atom is 0.152 e. The van der Waals surface area contributed by atoms with Crippen molar-refractivity contribution >= 4 is 9.84 Å². The van der Waals surface area contributed by atoms with Crippen LogP contribution in [-0.2, 0) is 16.4 Å². The first-order valence-electron chi connectivity index (χ1n) is 7.76. The van der Waals surface area contributed by atoms with Gasteiger partial charge in [-0.3, -0.25) is 4.68 Å². The summed E-state index contributed by atoms with van der Waals surface area (Å²) in [7, 11) is -2.95. The monoisotopic (exact) mass is 355 g/mol. The van der Waals surface area contributed by atoms with E-state index >= 15 is 0 Å². The first kappa shape index (κ1) is 17.0. The Hall–Kier alpha value is -1.80. The predicted octanol–water partition coefficient (Wildman–Crippen LogP) is 2.37. The molecule has 1 N–H and O–H groups in total. The molecule has 1 aromatic heterocycles. The molecule has 2 heterocycles. The van der Waals surface area contributed by atoms with Crippen molar-refractivity contribution in [2.45, 2.75) is 32.0 Å². The topological polar surface area (TPSA) is 64.0 Å². The van der Waals surface area contributed by atoms with E-state index in [1.54, 1.807) is 17.8 Å². The molecule has 2 atom stereocenters. The molecule has 1 fully saturated rings. The summed E-state index contributed by atoms with van der Waals surface area (Å²) in [6, 6.07) is 3.12. The molecule has 0 amide bonds. The Morgan fingerprint density at radius 1 is 1.42 bits per heavy atom. The molecule has 0 radical (unpaired) electrons. The van der Waals surface area contributed by atoms with Crippen molar-refractivity contribution in [2.24, 2.45) is 0 Å². The zero-order valence-electron chi connectivity index (χ0n) is 13.2. The molecule has 1 aliphatic heterocycles. The van der Waals surface area contributed by atoms with Crippen molar-refractivity contribution in [3.63, 3.8) is 0 Å². The number of benzene rings is 1. The van der Waals surface area contributed by atoms with Crippen LogP contribution in [0.15, 0.2) is 30.6 Å². The lowest BCUT2D eigenvalue weighted by Crippen LogP contribution is -2.19. The van der Waals surface area contributed by atoms with E-state index in [0.717, 1.165) is 11.6 Å². The fraction of sp³-hybridized carbons (Fsp3) is 0.438. The average molecular weight is 355 g/mol. The normalized spacial score (nSPS) is 21.0. The Balaban J connectivity index is 1.61. The number of rotatable bonds is 5. The molecule has 1 aliphatic rings. The second kappa shape index (κ2) is 6.60. The van der Waals surface area contributed by atoms with Crippen LogP contribution in [0.3, 0.4) is 0 Å². The van der Waals surface area contributed by atoms with Gasteiger partial charge in [0.2, 0.25) is 0 Å². The van der Waals surface area contributed by atoms with Crippen LogP contribution in [0.25, 0.3) is 0 Å². The first-order valence-corrected chi connectivity index (χ1v) is 9.58. The highest BCUT2D eigenvalue weighted by molar-refractivity contribution is 7.91. The van der Waals surface area contributed by atoms with Gasteiger partial charge in [-0.25, -0.2) is 17.2 Å². The number of hydrogen-bond donors (Lipinski definition) is 1. The number of sulfone groups is 1. The molecular weight excluding hydrogens is 336 g/mol. The van der Waals surface area contributed by atoms with Crippen LogP contribution in [0.4, 0.5) is 8.78 Å². The lowest BCUT2D eigenvalue weighted by atomic mass is 10.1. The van der Waals surface area contributed by atoms with E-state index in [4.69, 9.17) is 0 Å². The summed E-state index contributed by atoms with van der Waals surface area (Å²) >= 11 is 0. The minimum atomic E-state index is -2.95. The molecule has 24 heavy (non-hydrogen) atoms. The molecule has 0 spiro atoms. The van der Waals surface area contributed by atoms with E-state index in [0.29, 0.717) is 18.5 Å². The third kappa shape index (κ3) is 3.81. The van der Waals surface area contributed by atoms with Gasteiger partial charge in [0.05, 0.1) is 23.7 Å². The number of halogens is 2. The average Bonchev–Trinajstić information content (AvgIpc) is 3.11. The smallest absolute Gasteiger partial charge is 0.152 e. The molecule has 0 saturated carbocycles. The van der Waals surface area contributed by atoms with Gasteiger partial charge >= 0.3 is 0 Å². The van der Waals surface area contributed by atoms with Gasteiger partial charge in [-0.05, 0) is 19.4 Å². The third-order valence-corrected chi connectivity index (χ3v) is 6.03. The SMILES string of the molecule is C[C@@H](NCc1cnn([C@H]2CCS(=O)(=O)C2)c1)c1ccc(F)cc1F. The summed E-state index contributed by atoms with van der Waals surface area (Å²) in [5.41, 5.74) is 1.28. The molecule has 0 bridgehead atoms. The Labute approximate surface area is 139 Å². The second-order valence-corrected chi connectivity index (χ2v) is 8.38. The quantitative estimate of drug-likeness (QED) is 0.894. The minimum absolute atomic E-state index is 0.115. The van der Waals surface area contributed by atoms with Gasteiger partial charge < -0.3 is 5.32 Å². The summed E-state index contributed by atoms with van der Waals surface area (Å²) < 4.78 is 51.5. The van der Waals surface area contributed by atoms with Crippen LogP contribution in [0.2, 0.25) is 0 Å². The van der Waals surface area contributed by atoms with Gasteiger partial charge in [0.1, 0.15) is 11.6 Å².